The molecule has 0 bridgehead atoms. The van der Waals surface area contributed by atoms with Crippen molar-refractivity contribution in [2.24, 2.45) is 0 Å². The number of amides is 1. The summed E-state index contributed by atoms with van der Waals surface area (Å²) in [5, 5.41) is 14.6. The fraction of sp³-hybridized carbons (Fsp3) is 0.294. The van der Waals surface area contributed by atoms with Crippen molar-refractivity contribution in [2.75, 3.05) is 7.05 Å². The van der Waals surface area contributed by atoms with E-state index in [9.17, 15) is 9.18 Å². The summed E-state index contributed by atoms with van der Waals surface area (Å²) >= 11 is 0. The first-order chi connectivity index (χ1) is 12.1. The van der Waals surface area contributed by atoms with Gasteiger partial charge in [0.1, 0.15) is 5.82 Å². The summed E-state index contributed by atoms with van der Waals surface area (Å²) in [7, 11) is 1.65. The van der Waals surface area contributed by atoms with Crippen LogP contribution in [-0.4, -0.2) is 38.2 Å². The summed E-state index contributed by atoms with van der Waals surface area (Å²) in [4.78, 5) is 13.9. The second kappa shape index (κ2) is 7.25. The van der Waals surface area contributed by atoms with E-state index < -0.39 is 0 Å². The zero-order chi connectivity index (χ0) is 17.8. The van der Waals surface area contributed by atoms with E-state index >= 15 is 0 Å². The molecular formula is C17H18FN5O2. The highest BCUT2D eigenvalue weighted by molar-refractivity contribution is 5.89. The third kappa shape index (κ3) is 3.73. The molecule has 0 aliphatic rings. The van der Waals surface area contributed by atoms with Crippen LogP contribution in [0.5, 0.6) is 0 Å². The van der Waals surface area contributed by atoms with E-state index in [2.05, 4.69) is 20.4 Å². The van der Waals surface area contributed by atoms with Crippen LogP contribution in [-0.2, 0) is 13.0 Å². The van der Waals surface area contributed by atoms with E-state index in [1.54, 1.807) is 25.4 Å². The average Bonchev–Trinajstić information content (AvgIpc) is 3.25. The SMILES string of the molecule is CCCc1nnc(C(=O)N(C)Cc2cn[nH]c2-c2ccc(F)cc2)o1. The van der Waals surface area contributed by atoms with Crippen LogP contribution >= 0.6 is 0 Å². The lowest BCUT2D eigenvalue weighted by molar-refractivity contribution is 0.0743. The first kappa shape index (κ1) is 16.8. The molecule has 130 valence electrons. The molecule has 0 unspecified atom stereocenters. The van der Waals surface area contributed by atoms with Crippen molar-refractivity contribution in [3.8, 4) is 11.3 Å². The number of carbonyl (C=O) groups is 1. The van der Waals surface area contributed by atoms with Crippen molar-refractivity contribution in [1.82, 2.24) is 25.3 Å². The van der Waals surface area contributed by atoms with Gasteiger partial charge < -0.3 is 9.32 Å². The van der Waals surface area contributed by atoms with Crippen LogP contribution in [0.15, 0.2) is 34.9 Å². The molecule has 3 aromatic rings. The first-order valence-electron chi connectivity index (χ1n) is 7.94. The van der Waals surface area contributed by atoms with Crippen LogP contribution in [0.2, 0.25) is 0 Å². The normalized spacial score (nSPS) is 10.8. The fourth-order valence-corrected chi connectivity index (χ4v) is 2.44. The van der Waals surface area contributed by atoms with Gasteiger partial charge in [0.05, 0.1) is 11.9 Å². The number of halogens is 1. The Bertz CT molecular complexity index is 856. The zero-order valence-corrected chi connectivity index (χ0v) is 14.0. The number of aromatic nitrogens is 4. The van der Waals surface area contributed by atoms with Gasteiger partial charge in [0.15, 0.2) is 0 Å². The van der Waals surface area contributed by atoms with Gasteiger partial charge in [0, 0.05) is 31.1 Å². The number of H-pyrrole nitrogens is 1. The lowest BCUT2D eigenvalue weighted by Gasteiger charge is -2.15. The molecule has 1 aromatic carbocycles. The van der Waals surface area contributed by atoms with Gasteiger partial charge in [-0.3, -0.25) is 9.89 Å². The standard InChI is InChI=1S/C17H18FN5O2/c1-3-4-14-20-22-16(25-14)17(24)23(2)10-12-9-19-21-15(12)11-5-7-13(18)8-6-11/h5-9H,3-4,10H2,1-2H3,(H,19,21). The lowest BCUT2D eigenvalue weighted by atomic mass is 10.1. The Labute approximate surface area is 143 Å². The summed E-state index contributed by atoms with van der Waals surface area (Å²) in [6.07, 6.45) is 3.14. The Hall–Kier alpha value is -3.03. The number of hydrogen-bond acceptors (Lipinski definition) is 5. The van der Waals surface area contributed by atoms with Crippen LogP contribution < -0.4 is 0 Å². The molecule has 0 spiro atoms. The third-order valence-electron chi connectivity index (χ3n) is 3.72. The van der Waals surface area contributed by atoms with Gasteiger partial charge in [-0.15, -0.1) is 10.2 Å². The largest absolute Gasteiger partial charge is 0.417 e. The fourth-order valence-electron chi connectivity index (χ4n) is 2.44. The third-order valence-corrected chi connectivity index (χ3v) is 3.72. The highest BCUT2D eigenvalue weighted by atomic mass is 19.1. The Kier molecular flexibility index (Phi) is 4.87. The number of aryl methyl sites for hydroxylation is 1. The predicted molar refractivity (Wildman–Crippen MR) is 88.1 cm³/mol. The minimum Gasteiger partial charge on any atom is -0.417 e. The smallest absolute Gasteiger partial charge is 0.311 e. The maximum absolute atomic E-state index is 13.1. The minimum absolute atomic E-state index is 0.0298. The van der Waals surface area contributed by atoms with E-state index in [1.165, 1.54) is 17.0 Å². The molecule has 3 rings (SSSR count). The molecular weight excluding hydrogens is 325 g/mol. The van der Waals surface area contributed by atoms with Gasteiger partial charge in [-0.05, 0) is 30.7 Å². The number of carbonyl (C=O) groups excluding carboxylic acids is 1. The maximum Gasteiger partial charge on any atom is 0.311 e. The summed E-state index contributed by atoms with van der Waals surface area (Å²) in [6.45, 7) is 2.29. The van der Waals surface area contributed by atoms with E-state index in [4.69, 9.17) is 4.42 Å². The van der Waals surface area contributed by atoms with Crippen LogP contribution in [0.25, 0.3) is 11.3 Å². The molecule has 0 saturated carbocycles. The van der Waals surface area contributed by atoms with Gasteiger partial charge in [-0.1, -0.05) is 6.92 Å². The van der Waals surface area contributed by atoms with Crippen molar-refractivity contribution in [3.05, 3.63) is 53.6 Å². The Morgan fingerprint density at radius 1 is 1.28 bits per heavy atom. The van der Waals surface area contributed by atoms with Crippen LogP contribution in [0.1, 0.15) is 35.5 Å². The lowest BCUT2D eigenvalue weighted by Crippen LogP contribution is -2.26. The molecule has 7 nitrogen and oxygen atoms in total. The second-order valence-electron chi connectivity index (χ2n) is 5.69. The molecule has 1 N–H and O–H groups in total. The number of hydrogen-bond donors (Lipinski definition) is 1. The highest BCUT2D eigenvalue weighted by Crippen LogP contribution is 2.22. The summed E-state index contributed by atoms with van der Waals surface area (Å²) in [5.41, 5.74) is 2.32. The molecule has 0 aliphatic heterocycles. The Morgan fingerprint density at radius 3 is 2.76 bits per heavy atom. The van der Waals surface area contributed by atoms with Gasteiger partial charge in [-0.2, -0.15) is 5.10 Å². The van der Waals surface area contributed by atoms with Gasteiger partial charge in [-0.25, -0.2) is 4.39 Å². The molecule has 8 heteroatoms. The number of aromatic amines is 1. The van der Waals surface area contributed by atoms with Crippen LogP contribution in [0, 0.1) is 5.82 Å². The number of benzene rings is 1. The predicted octanol–water partition coefficient (Wildman–Crippen LogP) is 2.82. The van der Waals surface area contributed by atoms with E-state index in [0.29, 0.717) is 18.9 Å². The van der Waals surface area contributed by atoms with Gasteiger partial charge >= 0.3 is 11.8 Å². The molecule has 0 fully saturated rings. The molecule has 1 amide bonds. The molecule has 0 aliphatic carbocycles. The van der Waals surface area contributed by atoms with Crippen molar-refractivity contribution < 1.29 is 13.6 Å². The number of nitrogens with one attached hydrogen (secondary N) is 1. The maximum atomic E-state index is 13.1. The summed E-state index contributed by atoms with van der Waals surface area (Å²) < 4.78 is 18.5. The molecule has 0 saturated heterocycles. The second-order valence-corrected chi connectivity index (χ2v) is 5.69. The molecule has 2 aromatic heterocycles. The van der Waals surface area contributed by atoms with E-state index in [0.717, 1.165) is 23.2 Å². The quantitative estimate of drug-likeness (QED) is 0.743. The van der Waals surface area contributed by atoms with Crippen LogP contribution in [0.3, 0.4) is 0 Å². The topological polar surface area (TPSA) is 87.9 Å². The van der Waals surface area contributed by atoms with Gasteiger partial charge in [0.2, 0.25) is 5.89 Å². The molecule has 2 heterocycles. The average molecular weight is 343 g/mol. The van der Waals surface area contributed by atoms with E-state index in [-0.39, 0.29) is 17.6 Å². The van der Waals surface area contributed by atoms with Crippen molar-refractivity contribution in [2.45, 2.75) is 26.3 Å². The highest BCUT2D eigenvalue weighted by Gasteiger charge is 2.21. The Morgan fingerprint density at radius 2 is 2.04 bits per heavy atom. The summed E-state index contributed by atoms with van der Waals surface area (Å²) in [5.74, 6) is -0.246. The molecule has 0 radical (unpaired) electrons. The van der Waals surface area contributed by atoms with Crippen molar-refractivity contribution >= 4 is 5.91 Å². The minimum atomic E-state index is -0.360. The van der Waals surface area contributed by atoms with E-state index in [1.807, 2.05) is 6.92 Å². The monoisotopic (exact) mass is 343 g/mol. The van der Waals surface area contributed by atoms with Gasteiger partial charge in [0.25, 0.3) is 0 Å². The van der Waals surface area contributed by atoms with Crippen molar-refractivity contribution in [1.29, 1.82) is 0 Å². The molecule has 25 heavy (non-hydrogen) atoms. The Balaban J connectivity index is 1.74. The first-order valence-corrected chi connectivity index (χ1v) is 7.94. The van der Waals surface area contributed by atoms with Crippen molar-refractivity contribution in [3.63, 3.8) is 0 Å². The van der Waals surface area contributed by atoms with Crippen LogP contribution in [0.4, 0.5) is 4.39 Å². The number of nitrogens with zero attached hydrogens (tertiary/aromatic N) is 4. The summed E-state index contributed by atoms with van der Waals surface area (Å²) in [6, 6.07) is 6.07. The number of rotatable bonds is 6. The molecule has 0 atom stereocenters. The zero-order valence-electron chi connectivity index (χ0n) is 14.0.